The van der Waals surface area contributed by atoms with Gasteiger partial charge in [-0.1, -0.05) is 38.1 Å². The summed E-state index contributed by atoms with van der Waals surface area (Å²) in [6.45, 7) is 10.2. The zero-order valence-corrected chi connectivity index (χ0v) is 40.8. The molecule has 12 rings (SSSR count). The number of aromatic amines is 1. The Morgan fingerprint density at radius 2 is 1.79 bits per heavy atom. The van der Waals surface area contributed by atoms with Gasteiger partial charge in [-0.2, -0.15) is 0 Å². The number of carbonyl (C=O) groups is 1. The monoisotopic (exact) mass is 976 g/mol. The number of anilines is 2. The van der Waals surface area contributed by atoms with E-state index in [-0.39, 0.29) is 57.9 Å². The molecule has 5 aromatic rings. The summed E-state index contributed by atoms with van der Waals surface area (Å²) in [6, 6.07) is 19.0. The summed E-state index contributed by atoms with van der Waals surface area (Å²) in [6.07, 6.45) is 9.55. The van der Waals surface area contributed by atoms with Crippen LogP contribution in [-0.2, 0) is 10.0 Å². The lowest BCUT2D eigenvalue weighted by molar-refractivity contribution is -0.384. The Kier molecular flexibility index (Phi) is 11.6. The topological polar surface area (TPSA) is 195 Å². The number of rotatable bonds is 11. The van der Waals surface area contributed by atoms with Crippen LogP contribution in [0.25, 0.3) is 11.0 Å². The molecule has 2 aliphatic carbocycles. The Labute approximate surface area is 407 Å². The maximum absolute atomic E-state index is 14.7. The number of likely N-dealkylation sites (N-methyl/N-ethyl adjacent to an activating group) is 1. The molecule has 2 saturated carbocycles. The van der Waals surface area contributed by atoms with Crippen LogP contribution in [0.5, 0.6) is 17.2 Å². The SMILES string of the molecule is CC(C)c1ccccc1[C@H]1C2CC(C[C@H]1N1CC3(CCN(c4ccc(C(=O)NS(=O)(=O)c5cc6c(c([N+](=O)[O-])c5)N[C@@H]([C@H]5CC[C@](C)(O)CC5)CO6)c(Oc5cnc6[nH]cc(F)c6c5)c4)CC3)C1)N2C. The summed E-state index contributed by atoms with van der Waals surface area (Å²) >= 11 is 0. The number of ether oxygens (including phenoxy) is 2. The van der Waals surface area contributed by atoms with Gasteiger partial charge in [0.2, 0.25) is 0 Å². The Balaban J connectivity index is 0.814. The molecular formula is C52H61FN8O8S. The number of nitro benzene ring substituents is 1. The van der Waals surface area contributed by atoms with E-state index in [0.29, 0.717) is 61.3 Å². The average molecular weight is 977 g/mol. The first-order chi connectivity index (χ1) is 33.4. The van der Waals surface area contributed by atoms with E-state index in [0.717, 1.165) is 50.8 Å². The highest BCUT2D eigenvalue weighted by Crippen LogP contribution is 2.53. The van der Waals surface area contributed by atoms with E-state index >= 15 is 0 Å². The van der Waals surface area contributed by atoms with Crippen molar-refractivity contribution in [2.75, 3.05) is 50.1 Å². The highest BCUT2D eigenvalue weighted by atomic mass is 32.2. The summed E-state index contributed by atoms with van der Waals surface area (Å²) in [4.78, 5) is 40.0. The predicted octanol–water partition coefficient (Wildman–Crippen LogP) is 8.29. The quantitative estimate of drug-likeness (QED) is 0.0730. The minimum Gasteiger partial charge on any atom is -0.489 e. The molecule has 6 fully saturated rings. The number of carbonyl (C=O) groups excluding carboxylic acids is 1. The number of H-pyrrole nitrogens is 1. The number of fused-ring (bicyclic) bond motifs is 4. The molecule has 16 nitrogen and oxygen atoms in total. The van der Waals surface area contributed by atoms with Crippen LogP contribution in [-0.4, -0.2) is 114 Å². The van der Waals surface area contributed by atoms with Crippen molar-refractivity contribution in [2.45, 2.75) is 119 Å². The molecule has 2 unspecified atom stereocenters. The van der Waals surface area contributed by atoms with Gasteiger partial charge in [-0.15, -0.1) is 0 Å². The molecule has 18 heteroatoms. The Morgan fingerprint density at radius 3 is 2.51 bits per heavy atom. The van der Waals surface area contributed by atoms with Crippen molar-refractivity contribution in [3.63, 3.8) is 0 Å². The Morgan fingerprint density at radius 1 is 1.04 bits per heavy atom. The first-order valence-corrected chi connectivity index (χ1v) is 26.2. The number of piperidine rings is 2. The Hall–Kier alpha value is -5.82. The molecule has 7 heterocycles. The normalized spacial score (nSPS) is 27.5. The number of benzene rings is 3. The molecule has 4 saturated heterocycles. The van der Waals surface area contributed by atoms with Gasteiger partial charge in [-0.3, -0.25) is 24.7 Å². The van der Waals surface area contributed by atoms with Crippen molar-refractivity contribution < 1.29 is 37.1 Å². The van der Waals surface area contributed by atoms with Crippen molar-refractivity contribution in [3.05, 3.63) is 106 Å². The van der Waals surface area contributed by atoms with Gasteiger partial charge in [0.25, 0.3) is 21.6 Å². The number of hydrogen-bond acceptors (Lipinski definition) is 13. The van der Waals surface area contributed by atoms with Crippen molar-refractivity contribution in [1.82, 2.24) is 24.5 Å². The molecule has 2 bridgehead atoms. The molecule has 70 heavy (non-hydrogen) atoms. The second kappa shape index (κ2) is 17.5. The van der Waals surface area contributed by atoms with E-state index in [4.69, 9.17) is 9.47 Å². The highest BCUT2D eigenvalue weighted by molar-refractivity contribution is 7.90. The van der Waals surface area contributed by atoms with Crippen LogP contribution >= 0.6 is 0 Å². The van der Waals surface area contributed by atoms with Crippen LogP contribution in [0.15, 0.2) is 78.0 Å². The Bertz CT molecular complexity index is 2970. The first kappa shape index (κ1) is 46.6. The second-order valence-electron chi connectivity index (χ2n) is 21.5. The van der Waals surface area contributed by atoms with E-state index in [1.165, 1.54) is 54.6 Å². The number of aliphatic hydroxyl groups is 1. The number of halogens is 1. The van der Waals surface area contributed by atoms with E-state index in [1.807, 2.05) is 0 Å². The van der Waals surface area contributed by atoms with E-state index in [2.05, 4.69) is 79.9 Å². The standard InChI is InChI=1S/C52H61FN8O8S/c1-30(2)36-7-5-6-8-37(36)47-42-19-33(58(42)4)20-43(47)60-28-52(29-60)15-17-59(18-16-52)32-9-10-38(45(21-32)69-34-22-39-40(53)26-55-49(39)54-25-34)50(62)57-70(66,67)35-23-44(61(64)65)48-46(24-35)68-27-41(56-48)31-11-13-51(3,63)14-12-31/h5-10,21-26,30-31,33,41-43,47,56,63H,11-20,27-29H2,1-4H3,(H,54,55)(H,57,62)/t31-,33?,41-,42?,43-,47+,51-/m1/s1. The number of likely N-dealkylation sites (tertiary alicyclic amines) is 1. The summed E-state index contributed by atoms with van der Waals surface area (Å²) in [5.74, 6) is -0.438. The zero-order chi connectivity index (χ0) is 48.9. The molecule has 4 N–H and O–H groups in total. The lowest BCUT2D eigenvalue weighted by Crippen LogP contribution is -2.71. The molecule has 1 amide bonds. The summed E-state index contributed by atoms with van der Waals surface area (Å²) < 4.78 is 57.1. The van der Waals surface area contributed by atoms with Crippen LogP contribution in [0, 0.1) is 27.3 Å². The van der Waals surface area contributed by atoms with Gasteiger partial charge in [-0.05, 0) is 112 Å². The van der Waals surface area contributed by atoms with E-state index < -0.39 is 42.9 Å². The molecule has 5 aliphatic heterocycles. The maximum atomic E-state index is 14.7. The summed E-state index contributed by atoms with van der Waals surface area (Å²) in [7, 11) is -2.43. The van der Waals surface area contributed by atoms with Gasteiger partial charge in [0.1, 0.15) is 29.6 Å². The fraction of sp³-hybridized carbons (Fsp3) is 0.500. The van der Waals surface area contributed by atoms with Gasteiger partial charge < -0.3 is 29.8 Å². The molecule has 370 valence electrons. The third kappa shape index (κ3) is 8.43. The number of nitrogens with one attached hydrogen (secondary N) is 3. The third-order valence-electron chi connectivity index (χ3n) is 16.8. The summed E-state index contributed by atoms with van der Waals surface area (Å²) in [5, 5.41) is 26.3. The van der Waals surface area contributed by atoms with Crippen LogP contribution in [0.2, 0.25) is 0 Å². The smallest absolute Gasteiger partial charge is 0.297 e. The highest BCUT2D eigenvalue weighted by Gasteiger charge is 2.56. The van der Waals surface area contributed by atoms with Crippen molar-refractivity contribution >= 4 is 44.0 Å². The zero-order valence-electron chi connectivity index (χ0n) is 40.0. The minimum atomic E-state index is -4.72. The fourth-order valence-electron chi connectivity index (χ4n) is 12.6. The molecule has 2 aromatic heterocycles. The number of sulfonamides is 1. The number of nitro groups is 1. The largest absolute Gasteiger partial charge is 0.489 e. The molecule has 1 spiro atoms. The molecular weight excluding hydrogens is 916 g/mol. The lowest BCUT2D eigenvalue weighted by atomic mass is 9.62. The second-order valence-corrected chi connectivity index (χ2v) is 23.2. The summed E-state index contributed by atoms with van der Waals surface area (Å²) in [5.41, 5.74) is 2.89. The third-order valence-corrected chi connectivity index (χ3v) is 18.1. The van der Waals surface area contributed by atoms with Gasteiger partial charge in [0.05, 0.1) is 38.6 Å². The van der Waals surface area contributed by atoms with Gasteiger partial charge >= 0.3 is 0 Å². The fourth-order valence-corrected chi connectivity index (χ4v) is 13.6. The van der Waals surface area contributed by atoms with Crippen molar-refractivity contribution in [2.24, 2.45) is 11.3 Å². The predicted molar refractivity (Wildman–Crippen MR) is 263 cm³/mol. The number of amides is 1. The molecule has 3 aromatic carbocycles. The molecule has 5 atom stereocenters. The molecule has 7 aliphatic rings. The van der Waals surface area contributed by atoms with Gasteiger partial charge in [0.15, 0.2) is 11.4 Å². The number of aromatic nitrogens is 2. The number of nitrogens with zero attached hydrogens (tertiary/aromatic N) is 5. The van der Waals surface area contributed by atoms with Gasteiger partial charge in [0, 0.05) is 80.3 Å². The van der Waals surface area contributed by atoms with Crippen molar-refractivity contribution in [3.8, 4) is 17.2 Å². The maximum Gasteiger partial charge on any atom is 0.297 e. The van der Waals surface area contributed by atoms with E-state index in [1.54, 1.807) is 19.1 Å². The molecule has 0 radical (unpaired) electrons. The van der Waals surface area contributed by atoms with Crippen LogP contribution < -0.4 is 24.4 Å². The number of pyridine rings is 1. The first-order valence-electron chi connectivity index (χ1n) is 24.7. The van der Waals surface area contributed by atoms with Crippen LogP contribution in [0.4, 0.5) is 21.5 Å². The van der Waals surface area contributed by atoms with E-state index in [9.17, 15) is 32.8 Å². The van der Waals surface area contributed by atoms with Crippen molar-refractivity contribution in [1.29, 1.82) is 0 Å². The van der Waals surface area contributed by atoms with Crippen LogP contribution in [0.3, 0.4) is 0 Å². The number of hydrogen-bond donors (Lipinski definition) is 4. The van der Waals surface area contributed by atoms with Crippen LogP contribution in [0.1, 0.15) is 105 Å². The minimum absolute atomic E-state index is 0.0187. The lowest BCUT2D eigenvalue weighted by Gasteiger charge is -2.65. The average Bonchev–Trinajstić information content (AvgIpc) is 3.71. The van der Waals surface area contributed by atoms with Gasteiger partial charge in [-0.25, -0.2) is 22.5 Å².